The summed E-state index contributed by atoms with van der Waals surface area (Å²) in [7, 11) is -3.93. The highest BCUT2D eigenvalue weighted by Crippen LogP contribution is 2.10. The zero-order chi connectivity index (χ0) is 8.32. The van der Waals surface area contributed by atoms with Gasteiger partial charge in [-0.15, -0.1) is 0 Å². The van der Waals surface area contributed by atoms with Gasteiger partial charge in [-0.1, -0.05) is 4.40 Å². The highest BCUT2D eigenvalue weighted by Gasteiger charge is 2.14. The molecule has 0 radical (unpaired) electrons. The minimum Gasteiger partial charge on any atom is -0.451 e. The lowest BCUT2D eigenvalue weighted by atomic mass is 10.7. The Bertz CT molecular complexity index is 371. The third-order valence-corrected chi connectivity index (χ3v) is 1.96. The fourth-order valence-corrected chi connectivity index (χ4v) is 1.12. The minimum atomic E-state index is -3.93. The van der Waals surface area contributed by atoms with Gasteiger partial charge in [0.15, 0.2) is 0 Å². The van der Waals surface area contributed by atoms with Crippen molar-refractivity contribution in [1.82, 2.24) is 0 Å². The van der Waals surface area contributed by atoms with Crippen molar-refractivity contribution in [1.29, 1.82) is 0 Å². The van der Waals surface area contributed by atoms with Crippen LogP contribution in [0.2, 0.25) is 0 Å². The van der Waals surface area contributed by atoms with Crippen LogP contribution in [0.15, 0.2) is 32.3 Å². The van der Waals surface area contributed by atoms with Crippen molar-refractivity contribution in [2.24, 2.45) is 4.40 Å². The summed E-state index contributed by atoms with van der Waals surface area (Å²) >= 11 is 0. The minimum absolute atomic E-state index is 0.360. The van der Waals surface area contributed by atoms with E-state index in [1.54, 1.807) is 0 Å². The first kappa shape index (κ1) is 7.71. The maximum absolute atomic E-state index is 10.8. The average Bonchev–Trinajstić information content (AvgIpc) is 2.37. The molecule has 0 aromatic carbocycles. The molecule has 0 amide bonds. The number of nitrogens with zero attached hydrogens (tertiary/aromatic N) is 1. The van der Waals surface area contributed by atoms with E-state index in [-0.39, 0.29) is 5.09 Å². The van der Waals surface area contributed by atoms with Crippen molar-refractivity contribution in [3.05, 3.63) is 18.4 Å². The molecule has 6 heteroatoms. The second kappa shape index (κ2) is 2.69. The summed E-state index contributed by atoms with van der Waals surface area (Å²) in [6.45, 7) is 0. The molecule has 1 aromatic rings. The second-order valence-corrected chi connectivity index (χ2v) is 3.12. The van der Waals surface area contributed by atoms with Crippen LogP contribution >= 0.6 is 0 Å². The highest BCUT2D eigenvalue weighted by molar-refractivity contribution is 7.90. The molecule has 1 aromatic heterocycles. The largest absolute Gasteiger partial charge is 0.451 e. The molecule has 0 fully saturated rings. The van der Waals surface area contributed by atoms with Gasteiger partial charge < -0.3 is 4.42 Å². The second-order valence-electron chi connectivity index (χ2n) is 1.59. The van der Waals surface area contributed by atoms with E-state index in [0.717, 1.165) is 6.08 Å². The van der Waals surface area contributed by atoms with Gasteiger partial charge in [-0.3, -0.25) is 0 Å². The number of carbonyl (C=O) groups excluding carboxylic acids is 1. The molecule has 0 aliphatic carbocycles. The molecular formula is C5H3NO4S. The molecule has 0 unspecified atom stereocenters. The van der Waals surface area contributed by atoms with Crippen LogP contribution in [0.1, 0.15) is 0 Å². The molecule has 0 spiro atoms. The van der Waals surface area contributed by atoms with E-state index in [1.165, 1.54) is 18.4 Å². The molecule has 58 valence electrons. The van der Waals surface area contributed by atoms with E-state index in [4.69, 9.17) is 0 Å². The first-order chi connectivity index (χ1) is 5.17. The van der Waals surface area contributed by atoms with E-state index in [9.17, 15) is 13.2 Å². The fourth-order valence-electron chi connectivity index (χ4n) is 0.504. The van der Waals surface area contributed by atoms with Gasteiger partial charge in [-0.25, -0.2) is 4.79 Å². The molecule has 0 N–H and O–H groups in total. The van der Waals surface area contributed by atoms with E-state index in [0.29, 0.717) is 0 Å². The summed E-state index contributed by atoms with van der Waals surface area (Å²) < 4.78 is 28.6. The van der Waals surface area contributed by atoms with Gasteiger partial charge >= 0.3 is 10.0 Å². The molecule has 0 atom stereocenters. The van der Waals surface area contributed by atoms with Crippen LogP contribution in [0.5, 0.6) is 0 Å². The van der Waals surface area contributed by atoms with Crippen molar-refractivity contribution in [3.63, 3.8) is 0 Å². The first-order valence-electron chi connectivity index (χ1n) is 2.54. The smallest absolute Gasteiger partial charge is 0.326 e. The van der Waals surface area contributed by atoms with Crippen molar-refractivity contribution in [2.75, 3.05) is 0 Å². The Kier molecular flexibility index (Phi) is 1.89. The third kappa shape index (κ3) is 1.54. The number of isocyanates is 1. The van der Waals surface area contributed by atoms with Crippen LogP contribution in [0, 0.1) is 0 Å². The molecule has 1 rings (SSSR count). The van der Waals surface area contributed by atoms with Gasteiger partial charge in [0.2, 0.25) is 5.09 Å². The number of rotatable bonds is 2. The lowest BCUT2D eigenvalue weighted by Gasteiger charge is -1.85. The molecular weight excluding hydrogens is 170 g/mol. The van der Waals surface area contributed by atoms with Crippen LogP contribution in [0.3, 0.4) is 0 Å². The molecule has 5 nitrogen and oxygen atoms in total. The normalized spacial score (nSPS) is 10.5. The van der Waals surface area contributed by atoms with Gasteiger partial charge in [0.05, 0.1) is 6.26 Å². The number of sulfonamides is 1. The number of hydrogen-bond acceptors (Lipinski definition) is 4. The highest BCUT2D eigenvalue weighted by atomic mass is 32.2. The Morgan fingerprint density at radius 2 is 2.27 bits per heavy atom. The Labute approximate surface area is 62.4 Å². The van der Waals surface area contributed by atoms with Crippen LogP contribution in [0.4, 0.5) is 0 Å². The quantitative estimate of drug-likeness (QED) is 0.476. The Balaban J connectivity index is 3.22. The Morgan fingerprint density at radius 1 is 1.55 bits per heavy atom. The van der Waals surface area contributed by atoms with Gasteiger partial charge in [0, 0.05) is 0 Å². The first-order valence-corrected chi connectivity index (χ1v) is 3.98. The van der Waals surface area contributed by atoms with E-state index < -0.39 is 10.0 Å². The maximum atomic E-state index is 10.8. The summed E-state index contributed by atoms with van der Waals surface area (Å²) in [6.07, 6.45) is 2.10. The monoisotopic (exact) mass is 173 g/mol. The van der Waals surface area contributed by atoms with Crippen LogP contribution in [0.25, 0.3) is 0 Å². The number of hydrogen-bond donors (Lipinski definition) is 0. The van der Waals surface area contributed by atoms with Crippen molar-refractivity contribution in [3.8, 4) is 0 Å². The molecule has 1 heterocycles. The molecule has 0 saturated carbocycles. The molecule has 0 aliphatic rings. The third-order valence-electron chi connectivity index (χ3n) is 0.907. The van der Waals surface area contributed by atoms with Crippen molar-refractivity contribution < 1.29 is 17.6 Å². The van der Waals surface area contributed by atoms with Crippen molar-refractivity contribution in [2.45, 2.75) is 5.09 Å². The van der Waals surface area contributed by atoms with E-state index >= 15 is 0 Å². The average molecular weight is 173 g/mol. The maximum Gasteiger partial charge on any atom is 0.326 e. The van der Waals surface area contributed by atoms with Gasteiger partial charge in [-0.2, -0.15) is 8.42 Å². The standard InChI is InChI=1S/C5H3NO4S/c7-4-6-11(8,9)5-2-1-3-10-5/h1-3H. The lowest BCUT2D eigenvalue weighted by molar-refractivity contribution is 0.450. The molecule has 0 saturated heterocycles. The van der Waals surface area contributed by atoms with Crippen LogP contribution in [-0.2, 0) is 14.8 Å². The van der Waals surface area contributed by atoms with E-state index in [1.807, 2.05) is 0 Å². The van der Waals surface area contributed by atoms with Crippen LogP contribution in [-0.4, -0.2) is 14.5 Å². The summed E-state index contributed by atoms with van der Waals surface area (Å²) in [5.74, 6) is 0. The fraction of sp³-hybridized carbons (Fsp3) is 0. The van der Waals surface area contributed by atoms with E-state index in [2.05, 4.69) is 8.81 Å². The lowest BCUT2D eigenvalue weighted by Crippen LogP contribution is -1.92. The summed E-state index contributed by atoms with van der Waals surface area (Å²) in [4.78, 5) is 9.60. The topological polar surface area (TPSA) is 76.7 Å². The Morgan fingerprint density at radius 3 is 2.73 bits per heavy atom. The molecule has 0 aliphatic heterocycles. The van der Waals surface area contributed by atoms with Crippen LogP contribution < -0.4 is 0 Å². The van der Waals surface area contributed by atoms with Crippen molar-refractivity contribution >= 4 is 16.1 Å². The summed E-state index contributed by atoms with van der Waals surface area (Å²) in [5.41, 5.74) is 0. The number of furan rings is 1. The Hall–Kier alpha value is -1.39. The van der Waals surface area contributed by atoms with Gasteiger partial charge in [0.1, 0.15) is 0 Å². The summed E-state index contributed by atoms with van der Waals surface area (Å²) in [6, 6.07) is 2.57. The summed E-state index contributed by atoms with van der Waals surface area (Å²) in [5, 5.41) is -0.360. The molecule has 0 bridgehead atoms. The zero-order valence-electron chi connectivity index (χ0n) is 5.22. The SMILES string of the molecule is O=C=NS(=O)(=O)c1ccco1. The predicted octanol–water partition coefficient (Wildman–Crippen LogP) is 0.304. The van der Waals surface area contributed by atoms with Gasteiger partial charge in [0.25, 0.3) is 6.08 Å². The van der Waals surface area contributed by atoms with Gasteiger partial charge in [-0.05, 0) is 12.1 Å². The molecule has 11 heavy (non-hydrogen) atoms. The zero-order valence-corrected chi connectivity index (χ0v) is 6.04. The predicted molar refractivity (Wildman–Crippen MR) is 34.0 cm³/mol.